The molecule has 1 rings (SSSR count). The van der Waals surface area contributed by atoms with Crippen LogP contribution in [0.15, 0.2) is 18.2 Å². The quantitative estimate of drug-likeness (QED) is 0.669. The molecule has 1 aromatic rings. The maximum atomic E-state index is 14.0. The standard InChI is InChI=1S/C18H27F2N3O2/c1-11(2)9-18(4,10-21)23-17(25)8-16(22-12(3)24)14-6-5-13(19)7-15(14)20/h5-7,11,16H,8-10,21H2,1-4H3,(H,22,24)(H,23,25). The van der Waals surface area contributed by atoms with E-state index in [1.807, 2.05) is 20.8 Å². The highest BCUT2D eigenvalue weighted by atomic mass is 19.1. The number of nitrogens with two attached hydrogens (primary N) is 1. The van der Waals surface area contributed by atoms with E-state index in [9.17, 15) is 18.4 Å². The Balaban J connectivity index is 2.94. The van der Waals surface area contributed by atoms with Gasteiger partial charge in [-0.2, -0.15) is 0 Å². The second-order valence-electron chi connectivity index (χ2n) is 7.03. The molecule has 140 valence electrons. The highest BCUT2D eigenvalue weighted by molar-refractivity contribution is 5.79. The van der Waals surface area contributed by atoms with Gasteiger partial charge in [-0.15, -0.1) is 0 Å². The topological polar surface area (TPSA) is 84.2 Å². The molecule has 0 heterocycles. The lowest BCUT2D eigenvalue weighted by Crippen LogP contribution is -2.52. The molecule has 0 fully saturated rings. The first-order valence-corrected chi connectivity index (χ1v) is 8.29. The number of rotatable bonds is 8. The van der Waals surface area contributed by atoms with Gasteiger partial charge in [-0.25, -0.2) is 8.78 Å². The van der Waals surface area contributed by atoms with Crippen LogP contribution in [0.2, 0.25) is 0 Å². The van der Waals surface area contributed by atoms with E-state index in [2.05, 4.69) is 10.6 Å². The molecule has 0 saturated carbocycles. The maximum absolute atomic E-state index is 14.0. The molecule has 0 aromatic heterocycles. The van der Waals surface area contributed by atoms with Crippen LogP contribution < -0.4 is 16.4 Å². The molecule has 25 heavy (non-hydrogen) atoms. The SMILES string of the molecule is CC(=O)NC(CC(=O)NC(C)(CN)CC(C)C)c1ccc(F)cc1F. The van der Waals surface area contributed by atoms with Crippen LogP contribution in [0.25, 0.3) is 0 Å². The highest BCUT2D eigenvalue weighted by Crippen LogP contribution is 2.22. The fraction of sp³-hybridized carbons (Fsp3) is 0.556. The van der Waals surface area contributed by atoms with Crippen LogP contribution in [0, 0.1) is 17.6 Å². The zero-order valence-corrected chi connectivity index (χ0v) is 15.2. The van der Waals surface area contributed by atoms with E-state index < -0.39 is 29.1 Å². The number of nitrogens with one attached hydrogen (secondary N) is 2. The molecule has 0 spiro atoms. The molecule has 0 aliphatic carbocycles. The molecule has 0 bridgehead atoms. The fourth-order valence-electron chi connectivity index (χ4n) is 2.93. The van der Waals surface area contributed by atoms with Crippen molar-refractivity contribution >= 4 is 11.8 Å². The first kappa shape index (κ1) is 21.0. The number of carbonyl (C=O) groups excluding carboxylic acids is 2. The van der Waals surface area contributed by atoms with E-state index in [-0.39, 0.29) is 24.4 Å². The number of halogens is 2. The van der Waals surface area contributed by atoms with Crippen molar-refractivity contribution < 1.29 is 18.4 Å². The minimum Gasteiger partial charge on any atom is -0.350 e. The Labute approximate surface area is 147 Å². The molecule has 2 amide bonds. The first-order chi connectivity index (χ1) is 11.6. The monoisotopic (exact) mass is 355 g/mol. The van der Waals surface area contributed by atoms with Gasteiger partial charge in [0.25, 0.3) is 0 Å². The molecule has 0 saturated heterocycles. The Morgan fingerprint density at radius 3 is 2.40 bits per heavy atom. The summed E-state index contributed by atoms with van der Waals surface area (Å²) >= 11 is 0. The molecule has 0 radical (unpaired) electrons. The Morgan fingerprint density at radius 1 is 1.28 bits per heavy atom. The molecule has 5 nitrogen and oxygen atoms in total. The van der Waals surface area contributed by atoms with Crippen molar-refractivity contribution in [1.29, 1.82) is 0 Å². The number of benzene rings is 1. The van der Waals surface area contributed by atoms with Crippen LogP contribution in [0.1, 0.15) is 52.1 Å². The minimum atomic E-state index is -0.890. The van der Waals surface area contributed by atoms with Gasteiger partial charge in [0.1, 0.15) is 11.6 Å². The van der Waals surface area contributed by atoms with E-state index in [1.54, 1.807) is 0 Å². The second-order valence-corrected chi connectivity index (χ2v) is 7.03. The lowest BCUT2D eigenvalue weighted by molar-refractivity contribution is -0.124. The summed E-state index contributed by atoms with van der Waals surface area (Å²) in [6.45, 7) is 7.42. The van der Waals surface area contributed by atoms with Crippen molar-refractivity contribution in [2.45, 2.75) is 52.1 Å². The average Bonchev–Trinajstić information content (AvgIpc) is 2.44. The van der Waals surface area contributed by atoms with Gasteiger partial charge in [-0.05, 0) is 25.3 Å². The summed E-state index contributed by atoms with van der Waals surface area (Å²) in [7, 11) is 0. The van der Waals surface area contributed by atoms with Crippen molar-refractivity contribution in [3.05, 3.63) is 35.4 Å². The zero-order chi connectivity index (χ0) is 19.2. The molecule has 0 aliphatic heterocycles. The summed E-state index contributed by atoms with van der Waals surface area (Å²) in [5.41, 5.74) is 5.25. The van der Waals surface area contributed by atoms with E-state index in [0.717, 1.165) is 12.1 Å². The highest BCUT2D eigenvalue weighted by Gasteiger charge is 2.28. The minimum absolute atomic E-state index is 0.0602. The van der Waals surface area contributed by atoms with Crippen LogP contribution in [0.3, 0.4) is 0 Å². The lowest BCUT2D eigenvalue weighted by atomic mass is 9.90. The molecule has 7 heteroatoms. The van der Waals surface area contributed by atoms with Gasteiger partial charge in [-0.3, -0.25) is 9.59 Å². The Kier molecular flexibility index (Phi) is 7.48. The van der Waals surface area contributed by atoms with Crippen molar-refractivity contribution in [1.82, 2.24) is 10.6 Å². The molecular weight excluding hydrogens is 328 g/mol. The average molecular weight is 355 g/mol. The predicted octanol–water partition coefficient (Wildman–Crippen LogP) is 2.41. The number of amides is 2. The summed E-state index contributed by atoms with van der Waals surface area (Å²) in [6.07, 6.45) is 0.515. The van der Waals surface area contributed by atoms with Gasteiger partial charge in [0.2, 0.25) is 11.8 Å². The molecular formula is C18H27F2N3O2. The Hall–Kier alpha value is -2.02. The van der Waals surface area contributed by atoms with Crippen LogP contribution in [0.5, 0.6) is 0 Å². The third-order valence-electron chi connectivity index (χ3n) is 3.86. The third kappa shape index (κ3) is 6.78. The molecule has 2 unspecified atom stereocenters. The molecule has 0 aliphatic rings. The summed E-state index contributed by atoms with van der Waals surface area (Å²) in [6, 6.07) is 2.16. The largest absolute Gasteiger partial charge is 0.350 e. The van der Waals surface area contributed by atoms with E-state index in [0.29, 0.717) is 12.3 Å². The number of carbonyl (C=O) groups is 2. The fourth-order valence-corrected chi connectivity index (χ4v) is 2.93. The molecule has 4 N–H and O–H groups in total. The second kappa shape index (κ2) is 8.89. The van der Waals surface area contributed by atoms with E-state index in [1.165, 1.54) is 13.0 Å². The first-order valence-electron chi connectivity index (χ1n) is 8.29. The van der Waals surface area contributed by atoms with Crippen molar-refractivity contribution in [3.63, 3.8) is 0 Å². The lowest BCUT2D eigenvalue weighted by Gasteiger charge is -2.32. The van der Waals surface area contributed by atoms with Crippen LogP contribution in [0.4, 0.5) is 8.78 Å². The smallest absolute Gasteiger partial charge is 0.222 e. The van der Waals surface area contributed by atoms with Gasteiger partial charge < -0.3 is 16.4 Å². The normalized spacial score (nSPS) is 14.7. The van der Waals surface area contributed by atoms with Gasteiger partial charge in [0.15, 0.2) is 0 Å². The third-order valence-corrected chi connectivity index (χ3v) is 3.86. The predicted molar refractivity (Wildman–Crippen MR) is 92.6 cm³/mol. The maximum Gasteiger partial charge on any atom is 0.222 e. The Bertz CT molecular complexity index is 622. The molecule has 1 aromatic carbocycles. The zero-order valence-electron chi connectivity index (χ0n) is 15.2. The van der Waals surface area contributed by atoms with Crippen molar-refractivity contribution in [2.75, 3.05) is 6.54 Å². The Morgan fingerprint density at radius 2 is 1.92 bits per heavy atom. The number of hydrogen-bond donors (Lipinski definition) is 3. The van der Waals surface area contributed by atoms with Gasteiger partial charge >= 0.3 is 0 Å². The van der Waals surface area contributed by atoms with Crippen LogP contribution in [-0.2, 0) is 9.59 Å². The van der Waals surface area contributed by atoms with Gasteiger partial charge in [-0.1, -0.05) is 19.9 Å². The van der Waals surface area contributed by atoms with Crippen molar-refractivity contribution in [3.8, 4) is 0 Å². The van der Waals surface area contributed by atoms with Gasteiger partial charge in [0.05, 0.1) is 12.5 Å². The summed E-state index contributed by atoms with van der Waals surface area (Å²) < 4.78 is 27.1. The van der Waals surface area contributed by atoms with E-state index in [4.69, 9.17) is 5.73 Å². The molecule has 2 atom stereocenters. The summed E-state index contributed by atoms with van der Waals surface area (Å²) in [5, 5.41) is 5.41. The van der Waals surface area contributed by atoms with Crippen LogP contribution in [-0.4, -0.2) is 23.9 Å². The van der Waals surface area contributed by atoms with Crippen molar-refractivity contribution in [2.24, 2.45) is 11.7 Å². The summed E-state index contributed by atoms with van der Waals surface area (Å²) in [5.74, 6) is -1.98. The summed E-state index contributed by atoms with van der Waals surface area (Å²) in [4.78, 5) is 23.8. The van der Waals surface area contributed by atoms with Crippen LogP contribution >= 0.6 is 0 Å². The van der Waals surface area contributed by atoms with E-state index >= 15 is 0 Å². The van der Waals surface area contributed by atoms with Gasteiger partial charge in [0, 0.05) is 30.6 Å². The number of hydrogen-bond acceptors (Lipinski definition) is 3.